The Balaban J connectivity index is 1.69. The topological polar surface area (TPSA) is 35.1 Å². The number of hydrogen-bond acceptors (Lipinski definition) is 2. The molecular formula is C17H22ClNO2. The second-order valence-electron chi connectivity index (χ2n) is 6.20. The minimum absolute atomic E-state index is 0.00170. The van der Waals surface area contributed by atoms with E-state index in [9.17, 15) is 4.79 Å². The molecule has 0 aliphatic heterocycles. The first-order valence-electron chi connectivity index (χ1n) is 7.88. The van der Waals surface area contributed by atoms with Crippen molar-refractivity contribution in [2.45, 2.75) is 50.3 Å². The fraction of sp³-hybridized carbons (Fsp3) is 0.588. The lowest BCUT2D eigenvalue weighted by molar-refractivity contribution is 0.331. The van der Waals surface area contributed by atoms with E-state index in [0.717, 1.165) is 23.4 Å². The van der Waals surface area contributed by atoms with Crippen LogP contribution in [0.5, 0.6) is 0 Å². The lowest BCUT2D eigenvalue weighted by Gasteiger charge is -2.22. The van der Waals surface area contributed by atoms with Crippen molar-refractivity contribution < 1.29 is 4.42 Å². The normalized spacial score (nSPS) is 18.2. The van der Waals surface area contributed by atoms with Gasteiger partial charge >= 0.3 is 5.76 Å². The molecule has 0 spiro atoms. The van der Waals surface area contributed by atoms with Crippen molar-refractivity contribution in [1.29, 1.82) is 0 Å². The first-order chi connectivity index (χ1) is 10.1. The van der Waals surface area contributed by atoms with Gasteiger partial charge < -0.3 is 4.42 Å². The van der Waals surface area contributed by atoms with Crippen LogP contribution in [0.2, 0.25) is 0 Å². The molecule has 21 heavy (non-hydrogen) atoms. The molecule has 2 aromatic rings. The molecule has 4 heteroatoms. The summed E-state index contributed by atoms with van der Waals surface area (Å²) in [5, 5.41) is 0.00170. The average Bonchev–Trinajstić information content (AvgIpc) is 2.80. The SMILES string of the molecule is Cn1c(=O)oc2cc(C(Cl)CCC3CCCCC3)ccc21. The van der Waals surface area contributed by atoms with Crippen molar-refractivity contribution in [3.63, 3.8) is 0 Å². The van der Waals surface area contributed by atoms with Crippen molar-refractivity contribution in [3.8, 4) is 0 Å². The van der Waals surface area contributed by atoms with Crippen LogP contribution in [0.3, 0.4) is 0 Å². The number of aryl methyl sites for hydroxylation is 1. The molecule has 1 heterocycles. The molecule has 114 valence electrons. The largest absolute Gasteiger partial charge is 0.419 e. The highest BCUT2D eigenvalue weighted by atomic mass is 35.5. The number of halogens is 1. The van der Waals surface area contributed by atoms with Crippen molar-refractivity contribution in [2.75, 3.05) is 0 Å². The molecule has 1 aromatic carbocycles. The van der Waals surface area contributed by atoms with Crippen LogP contribution in [-0.4, -0.2) is 4.57 Å². The van der Waals surface area contributed by atoms with Gasteiger partial charge in [-0.3, -0.25) is 4.57 Å². The smallest absolute Gasteiger partial charge is 0.408 e. The Morgan fingerprint density at radius 1 is 1.33 bits per heavy atom. The van der Waals surface area contributed by atoms with Crippen LogP contribution in [0.4, 0.5) is 0 Å². The molecule has 1 aromatic heterocycles. The zero-order valence-corrected chi connectivity index (χ0v) is 13.2. The maximum atomic E-state index is 11.5. The van der Waals surface area contributed by atoms with Gasteiger partial charge in [0.15, 0.2) is 5.58 Å². The Morgan fingerprint density at radius 2 is 2.10 bits per heavy atom. The van der Waals surface area contributed by atoms with Gasteiger partial charge in [0.1, 0.15) is 0 Å². The molecule has 0 bridgehead atoms. The van der Waals surface area contributed by atoms with Crippen molar-refractivity contribution in [3.05, 3.63) is 34.3 Å². The molecule has 1 atom stereocenters. The van der Waals surface area contributed by atoms with E-state index in [1.165, 1.54) is 43.1 Å². The Bertz CT molecular complexity index is 667. The van der Waals surface area contributed by atoms with Gasteiger partial charge in [0.05, 0.1) is 10.9 Å². The summed E-state index contributed by atoms with van der Waals surface area (Å²) >= 11 is 6.55. The van der Waals surface area contributed by atoms with Gasteiger partial charge in [-0.15, -0.1) is 11.6 Å². The van der Waals surface area contributed by atoms with E-state index in [-0.39, 0.29) is 11.1 Å². The summed E-state index contributed by atoms with van der Waals surface area (Å²) in [5.41, 5.74) is 2.50. The minimum Gasteiger partial charge on any atom is -0.408 e. The number of hydrogen-bond donors (Lipinski definition) is 0. The van der Waals surface area contributed by atoms with Gasteiger partial charge in [0.25, 0.3) is 0 Å². The number of nitrogens with zero attached hydrogens (tertiary/aromatic N) is 1. The van der Waals surface area contributed by atoms with Crippen LogP contribution in [0, 0.1) is 5.92 Å². The summed E-state index contributed by atoms with van der Waals surface area (Å²) in [6.45, 7) is 0. The molecule has 0 radical (unpaired) electrons. The average molecular weight is 308 g/mol. The summed E-state index contributed by atoms with van der Waals surface area (Å²) in [7, 11) is 1.72. The predicted molar refractivity (Wildman–Crippen MR) is 85.9 cm³/mol. The molecule has 1 aliphatic carbocycles. The second-order valence-corrected chi connectivity index (χ2v) is 6.73. The quantitative estimate of drug-likeness (QED) is 0.762. The van der Waals surface area contributed by atoms with Crippen LogP contribution in [0.1, 0.15) is 55.9 Å². The van der Waals surface area contributed by atoms with E-state index in [2.05, 4.69) is 0 Å². The van der Waals surface area contributed by atoms with Crippen molar-refractivity contribution in [2.24, 2.45) is 13.0 Å². The standard InChI is InChI=1S/C17H22ClNO2/c1-19-15-10-8-13(11-16(15)21-17(19)20)14(18)9-7-12-5-3-2-4-6-12/h8,10-12,14H,2-7,9H2,1H3. The number of alkyl halides is 1. The summed E-state index contributed by atoms with van der Waals surface area (Å²) in [4.78, 5) is 11.5. The number of oxazole rings is 1. The van der Waals surface area contributed by atoms with Crippen molar-refractivity contribution >= 4 is 22.7 Å². The third kappa shape index (κ3) is 3.18. The third-order valence-electron chi connectivity index (χ3n) is 4.73. The highest BCUT2D eigenvalue weighted by Gasteiger charge is 2.17. The molecule has 0 N–H and O–H groups in total. The lowest BCUT2D eigenvalue weighted by Crippen LogP contribution is -2.08. The van der Waals surface area contributed by atoms with E-state index >= 15 is 0 Å². The lowest BCUT2D eigenvalue weighted by atomic mass is 9.85. The Labute approximate surface area is 129 Å². The summed E-state index contributed by atoms with van der Waals surface area (Å²) in [6, 6.07) is 5.84. The minimum atomic E-state index is -0.324. The fourth-order valence-electron chi connectivity index (χ4n) is 3.37. The maximum Gasteiger partial charge on any atom is 0.419 e. The maximum absolute atomic E-state index is 11.5. The van der Waals surface area contributed by atoms with Gasteiger partial charge in [-0.25, -0.2) is 4.79 Å². The van der Waals surface area contributed by atoms with E-state index in [1.807, 2.05) is 18.2 Å². The zero-order chi connectivity index (χ0) is 14.8. The predicted octanol–water partition coefficient (Wildman–Crippen LogP) is 4.77. The molecule has 1 aliphatic rings. The molecule has 1 saturated carbocycles. The summed E-state index contributed by atoms with van der Waals surface area (Å²) in [6.07, 6.45) is 9.05. The fourth-order valence-corrected chi connectivity index (χ4v) is 3.63. The van der Waals surface area contributed by atoms with Crippen LogP contribution < -0.4 is 5.76 Å². The first kappa shape index (κ1) is 14.7. The van der Waals surface area contributed by atoms with E-state index in [0.29, 0.717) is 5.58 Å². The van der Waals surface area contributed by atoms with Gasteiger partial charge in [-0.1, -0.05) is 38.2 Å². The zero-order valence-electron chi connectivity index (χ0n) is 12.5. The molecule has 1 unspecified atom stereocenters. The molecule has 0 saturated heterocycles. The summed E-state index contributed by atoms with van der Waals surface area (Å²) in [5.74, 6) is 0.522. The van der Waals surface area contributed by atoms with E-state index < -0.39 is 0 Å². The van der Waals surface area contributed by atoms with E-state index in [1.54, 1.807) is 7.05 Å². The van der Waals surface area contributed by atoms with Gasteiger partial charge in [-0.05, 0) is 36.5 Å². The highest BCUT2D eigenvalue weighted by molar-refractivity contribution is 6.20. The van der Waals surface area contributed by atoms with Gasteiger partial charge in [0.2, 0.25) is 0 Å². The van der Waals surface area contributed by atoms with Crippen LogP contribution in [0.15, 0.2) is 27.4 Å². The third-order valence-corrected chi connectivity index (χ3v) is 5.20. The molecule has 3 rings (SSSR count). The van der Waals surface area contributed by atoms with E-state index in [4.69, 9.17) is 16.0 Å². The molecule has 0 amide bonds. The van der Waals surface area contributed by atoms with Crippen LogP contribution >= 0.6 is 11.6 Å². The molecular weight excluding hydrogens is 286 g/mol. The monoisotopic (exact) mass is 307 g/mol. The summed E-state index contributed by atoms with van der Waals surface area (Å²) < 4.78 is 6.75. The van der Waals surface area contributed by atoms with Gasteiger partial charge in [-0.2, -0.15) is 0 Å². The molecule has 1 fully saturated rings. The second kappa shape index (κ2) is 6.27. The van der Waals surface area contributed by atoms with Gasteiger partial charge in [0, 0.05) is 7.05 Å². The Morgan fingerprint density at radius 3 is 2.86 bits per heavy atom. The number of rotatable bonds is 4. The Hall–Kier alpha value is -1.22. The first-order valence-corrected chi connectivity index (χ1v) is 8.32. The van der Waals surface area contributed by atoms with Crippen LogP contribution in [0.25, 0.3) is 11.1 Å². The number of aromatic nitrogens is 1. The molecule has 3 nitrogen and oxygen atoms in total. The number of fused-ring (bicyclic) bond motifs is 1. The van der Waals surface area contributed by atoms with Crippen LogP contribution in [-0.2, 0) is 7.05 Å². The Kier molecular flexibility index (Phi) is 4.39. The highest BCUT2D eigenvalue weighted by Crippen LogP contribution is 2.33. The van der Waals surface area contributed by atoms with Crippen molar-refractivity contribution in [1.82, 2.24) is 4.57 Å². The number of benzene rings is 1.